The third kappa shape index (κ3) is 4.51. The summed E-state index contributed by atoms with van der Waals surface area (Å²) >= 11 is 1.13. The van der Waals surface area contributed by atoms with Gasteiger partial charge in [0.25, 0.3) is 5.91 Å². The Hall–Kier alpha value is -3.72. The Morgan fingerprint density at radius 1 is 1.11 bits per heavy atom. The molecular weight excluding hydrogens is 466 g/mol. The highest BCUT2D eigenvalue weighted by atomic mass is 32.1. The Morgan fingerprint density at radius 3 is 2.43 bits per heavy atom. The first-order valence-electron chi connectivity index (χ1n) is 11.5. The zero-order valence-corrected chi connectivity index (χ0v) is 20.0. The van der Waals surface area contributed by atoms with Crippen LogP contribution < -0.4 is 5.32 Å². The van der Waals surface area contributed by atoms with Gasteiger partial charge in [0.15, 0.2) is 5.13 Å². The average molecular weight is 492 g/mol. The second-order valence-corrected chi connectivity index (χ2v) is 9.81. The van der Waals surface area contributed by atoms with E-state index < -0.39 is 18.0 Å². The molecule has 2 unspecified atom stereocenters. The van der Waals surface area contributed by atoms with Crippen LogP contribution in [0.1, 0.15) is 40.9 Å². The van der Waals surface area contributed by atoms with Crippen molar-refractivity contribution in [1.29, 1.82) is 0 Å². The van der Waals surface area contributed by atoms with Crippen LogP contribution >= 0.6 is 11.3 Å². The summed E-state index contributed by atoms with van der Waals surface area (Å²) in [4.78, 5) is 42.6. The van der Waals surface area contributed by atoms with Gasteiger partial charge in [0.05, 0.1) is 5.92 Å². The van der Waals surface area contributed by atoms with Gasteiger partial charge >= 0.3 is 12.1 Å². The SMILES string of the molecule is CC1CCN(C(=O)c2csc(NC(=O)OCC3c4ccccc4-c4ccccc43)n2)CC1C(=O)O. The molecule has 3 aromatic rings. The fraction of sp³-hybridized carbons (Fsp3) is 0.308. The number of thiazole rings is 1. The van der Waals surface area contributed by atoms with Crippen LogP contribution in [0, 0.1) is 11.8 Å². The molecule has 1 aliphatic carbocycles. The number of ether oxygens (including phenoxy) is 1. The van der Waals surface area contributed by atoms with Crippen LogP contribution in [0.25, 0.3) is 11.1 Å². The predicted molar refractivity (Wildman–Crippen MR) is 132 cm³/mol. The molecular formula is C26H25N3O5S. The number of anilines is 1. The first-order valence-corrected chi connectivity index (χ1v) is 12.4. The third-order valence-electron chi connectivity index (χ3n) is 6.84. The summed E-state index contributed by atoms with van der Waals surface area (Å²) in [5.74, 6) is -1.86. The molecule has 2 aromatic carbocycles. The minimum atomic E-state index is -0.897. The molecule has 2 N–H and O–H groups in total. The number of carboxylic acids is 1. The van der Waals surface area contributed by atoms with Crippen molar-refractivity contribution < 1.29 is 24.2 Å². The van der Waals surface area contributed by atoms with Crippen LogP contribution in [-0.4, -0.2) is 52.7 Å². The van der Waals surface area contributed by atoms with E-state index in [1.807, 2.05) is 31.2 Å². The molecule has 0 spiro atoms. The molecule has 0 radical (unpaired) electrons. The number of amides is 2. The van der Waals surface area contributed by atoms with Gasteiger partial charge in [0.2, 0.25) is 0 Å². The fourth-order valence-electron chi connectivity index (χ4n) is 4.89. The number of benzene rings is 2. The molecule has 0 bridgehead atoms. The molecule has 1 aromatic heterocycles. The minimum absolute atomic E-state index is 0.0118. The van der Waals surface area contributed by atoms with Crippen molar-refractivity contribution >= 4 is 34.4 Å². The standard InChI is InChI=1S/C26H25N3O5S/c1-15-10-11-29(12-20(15)24(31)32)23(30)22-14-35-25(27-22)28-26(33)34-13-21-18-8-4-2-6-16(18)17-7-3-5-9-19(17)21/h2-9,14-15,20-21H,10-13H2,1H3,(H,31,32)(H,27,28,33). The average Bonchev–Trinajstić information content (AvgIpc) is 3.45. The normalized spacial score (nSPS) is 19.1. The van der Waals surface area contributed by atoms with Crippen molar-refractivity contribution in [2.75, 3.05) is 25.0 Å². The highest BCUT2D eigenvalue weighted by molar-refractivity contribution is 7.14. The number of rotatable bonds is 5. The van der Waals surface area contributed by atoms with E-state index in [2.05, 4.69) is 34.6 Å². The molecule has 2 heterocycles. The van der Waals surface area contributed by atoms with E-state index in [0.29, 0.717) is 13.0 Å². The Balaban J connectivity index is 1.20. The van der Waals surface area contributed by atoms with Gasteiger partial charge in [-0.3, -0.25) is 14.9 Å². The lowest BCUT2D eigenvalue weighted by Gasteiger charge is -2.34. The smallest absolute Gasteiger partial charge is 0.413 e. The molecule has 0 saturated carbocycles. The van der Waals surface area contributed by atoms with Gasteiger partial charge in [-0.25, -0.2) is 9.78 Å². The topological polar surface area (TPSA) is 109 Å². The van der Waals surface area contributed by atoms with Crippen LogP contribution in [0.3, 0.4) is 0 Å². The Labute approximate surface area is 206 Å². The molecule has 180 valence electrons. The first-order chi connectivity index (χ1) is 16.9. The number of piperidine rings is 1. The van der Waals surface area contributed by atoms with Gasteiger partial charge in [-0.15, -0.1) is 11.3 Å². The predicted octanol–water partition coefficient (Wildman–Crippen LogP) is 4.69. The Morgan fingerprint density at radius 2 is 1.77 bits per heavy atom. The monoisotopic (exact) mass is 491 g/mol. The van der Waals surface area contributed by atoms with Gasteiger partial charge in [0.1, 0.15) is 12.3 Å². The molecule has 1 saturated heterocycles. The van der Waals surface area contributed by atoms with Gasteiger partial charge < -0.3 is 14.7 Å². The van der Waals surface area contributed by atoms with Gasteiger partial charge in [-0.05, 0) is 34.6 Å². The number of aliphatic carboxylic acids is 1. The lowest BCUT2D eigenvalue weighted by Crippen LogP contribution is -2.45. The quantitative estimate of drug-likeness (QED) is 0.536. The van der Waals surface area contributed by atoms with Crippen molar-refractivity contribution in [2.45, 2.75) is 19.3 Å². The largest absolute Gasteiger partial charge is 0.481 e. The maximum absolute atomic E-state index is 12.8. The van der Waals surface area contributed by atoms with Gasteiger partial charge in [-0.1, -0.05) is 55.5 Å². The van der Waals surface area contributed by atoms with Gasteiger partial charge in [-0.2, -0.15) is 0 Å². The van der Waals surface area contributed by atoms with Gasteiger partial charge in [0, 0.05) is 24.4 Å². The summed E-state index contributed by atoms with van der Waals surface area (Å²) in [5, 5.41) is 13.8. The number of hydrogen-bond acceptors (Lipinski definition) is 6. The zero-order chi connectivity index (χ0) is 24.5. The molecule has 8 nitrogen and oxygen atoms in total. The number of nitrogens with zero attached hydrogens (tertiary/aromatic N) is 2. The summed E-state index contributed by atoms with van der Waals surface area (Å²) < 4.78 is 5.54. The molecule has 2 amide bonds. The van der Waals surface area contributed by atoms with E-state index in [9.17, 15) is 19.5 Å². The van der Waals surface area contributed by atoms with E-state index in [1.54, 1.807) is 5.38 Å². The summed E-state index contributed by atoms with van der Waals surface area (Å²) in [6.45, 7) is 2.71. The molecule has 9 heteroatoms. The van der Waals surface area contributed by atoms with Crippen LogP contribution in [0.4, 0.5) is 9.93 Å². The number of aromatic nitrogens is 1. The molecule has 5 rings (SSSR count). The van der Waals surface area contributed by atoms with Crippen molar-refractivity contribution in [1.82, 2.24) is 9.88 Å². The summed E-state index contributed by atoms with van der Waals surface area (Å²) in [7, 11) is 0. The second kappa shape index (κ2) is 9.50. The van der Waals surface area contributed by atoms with Crippen molar-refractivity contribution in [2.24, 2.45) is 11.8 Å². The van der Waals surface area contributed by atoms with Crippen LogP contribution in [0.2, 0.25) is 0 Å². The Bertz CT molecular complexity index is 1240. The summed E-state index contributed by atoms with van der Waals surface area (Å²) in [6, 6.07) is 16.2. The maximum Gasteiger partial charge on any atom is 0.413 e. The number of nitrogens with one attached hydrogen (secondary N) is 1. The number of fused-ring (bicyclic) bond motifs is 3. The van der Waals surface area contributed by atoms with Crippen molar-refractivity contribution in [3.05, 3.63) is 70.7 Å². The van der Waals surface area contributed by atoms with E-state index in [-0.39, 0.29) is 41.7 Å². The van der Waals surface area contributed by atoms with Crippen LogP contribution in [0.15, 0.2) is 53.9 Å². The number of hydrogen-bond donors (Lipinski definition) is 2. The van der Waals surface area contributed by atoms with Crippen molar-refractivity contribution in [3.8, 4) is 11.1 Å². The number of carbonyl (C=O) groups excluding carboxylic acids is 2. The van der Waals surface area contributed by atoms with E-state index in [4.69, 9.17) is 4.74 Å². The number of carbonyl (C=O) groups is 3. The highest BCUT2D eigenvalue weighted by Gasteiger charge is 2.34. The molecule has 1 aliphatic heterocycles. The molecule has 2 aliphatic rings. The molecule has 2 atom stereocenters. The third-order valence-corrected chi connectivity index (χ3v) is 7.60. The van der Waals surface area contributed by atoms with E-state index >= 15 is 0 Å². The van der Waals surface area contributed by atoms with Crippen molar-refractivity contribution in [3.63, 3.8) is 0 Å². The zero-order valence-electron chi connectivity index (χ0n) is 19.1. The molecule has 35 heavy (non-hydrogen) atoms. The summed E-state index contributed by atoms with van der Waals surface area (Å²) in [6.07, 6.45) is -0.0181. The van der Waals surface area contributed by atoms with E-state index in [1.165, 1.54) is 4.90 Å². The number of likely N-dealkylation sites (tertiary alicyclic amines) is 1. The van der Waals surface area contributed by atoms with Crippen LogP contribution in [-0.2, 0) is 9.53 Å². The lowest BCUT2D eigenvalue weighted by atomic mass is 9.87. The highest BCUT2D eigenvalue weighted by Crippen LogP contribution is 2.44. The van der Waals surface area contributed by atoms with Crippen LogP contribution in [0.5, 0.6) is 0 Å². The lowest BCUT2D eigenvalue weighted by molar-refractivity contribution is -0.145. The maximum atomic E-state index is 12.8. The fourth-order valence-corrected chi connectivity index (χ4v) is 5.56. The number of carboxylic acid groups (broad SMARTS) is 1. The molecule has 1 fully saturated rings. The first kappa shape index (κ1) is 23.0. The van der Waals surface area contributed by atoms with E-state index in [0.717, 1.165) is 33.6 Å². The Kier molecular flexibility index (Phi) is 6.25. The minimum Gasteiger partial charge on any atom is -0.481 e. The summed E-state index contributed by atoms with van der Waals surface area (Å²) in [5.41, 5.74) is 4.73. The second-order valence-electron chi connectivity index (χ2n) is 8.95.